The summed E-state index contributed by atoms with van der Waals surface area (Å²) < 4.78 is 11.6. The number of pyridine rings is 1. The van der Waals surface area contributed by atoms with Crippen LogP contribution >= 0.6 is 12.4 Å². The van der Waals surface area contributed by atoms with Crippen molar-refractivity contribution in [1.29, 1.82) is 0 Å². The van der Waals surface area contributed by atoms with Gasteiger partial charge in [-0.3, -0.25) is 0 Å². The lowest BCUT2D eigenvalue weighted by atomic mass is 10.0. The van der Waals surface area contributed by atoms with Gasteiger partial charge < -0.3 is 14.8 Å². The maximum absolute atomic E-state index is 6.00. The summed E-state index contributed by atoms with van der Waals surface area (Å²) in [5.41, 5.74) is 1.18. The van der Waals surface area contributed by atoms with Gasteiger partial charge in [0, 0.05) is 30.9 Å². The molecule has 4 nitrogen and oxygen atoms in total. The Kier molecular flexibility index (Phi) is 7.70. The van der Waals surface area contributed by atoms with Crippen LogP contribution in [0.15, 0.2) is 60.8 Å². The van der Waals surface area contributed by atoms with Gasteiger partial charge in [-0.15, -0.1) is 12.4 Å². The third kappa shape index (κ3) is 5.35. The van der Waals surface area contributed by atoms with Crippen molar-refractivity contribution < 1.29 is 9.47 Å². The van der Waals surface area contributed by atoms with E-state index in [0.717, 1.165) is 18.8 Å². The highest BCUT2D eigenvalue weighted by atomic mass is 35.5. The molecule has 138 valence electrons. The molecule has 0 radical (unpaired) electrons. The Morgan fingerprint density at radius 2 is 1.81 bits per heavy atom. The van der Waals surface area contributed by atoms with E-state index in [-0.39, 0.29) is 18.5 Å². The number of hydrogen-bond donors (Lipinski definition) is 1. The van der Waals surface area contributed by atoms with Gasteiger partial charge >= 0.3 is 0 Å². The monoisotopic (exact) mass is 372 g/mol. The predicted molar refractivity (Wildman–Crippen MR) is 108 cm³/mol. The Morgan fingerprint density at radius 3 is 2.58 bits per heavy atom. The molecule has 0 unspecified atom stereocenters. The van der Waals surface area contributed by atoms with E-state index < -0.39 is 0 Å². The summed E-state index contributed by atoms with van der Waals surface area (Å²) in [5.74, 6) is 1.59. The molecule has 0 aliphatic rings. The second kappa shape index (κ2) is 10.00. The van der Waals surface area contributed by atoms with E-state index >= 15 is 0 Å². The lowest BCUT2D eigenvalue weighted by Gasteiger charge is -2.17. The van der Waals surface area contributed by atoms with Crippen molar-refractivity contribution in [2.75, 3.05) is 13.2 Å². The molecule has 0 saturated carbocycles. The molecule has 0 saturated heterocycles. The average Bonchev–Trinajstić information content (AvgIpc) is 2.63. The van der Waals surface area contributed by atoms with Crippen molar-refractivity contribution in [3.8, 4) is 11.6 Å². The van der Waals surface area contributed by atoms with Crippen molar-refractivity contribution in [1.82, 2.24) is 10.3 Å². The van der Waals surface area contributed by atoms with Crippen LogP contribution in [0.25, 0.3) is 10.8 Å². The molecule has 5 heteroatoms. The molecular weight excluding hydrogens is 348 g/mol. The minimum Gasteiger partial charge on any atom is -0.491 e. The van der Waals surface area contributed by atoms with E-state index in [2.05, 4.69) is 46.7 Å². The summed E-state index contributed by atoms with van der Waals surface area (Å²) in [7, 11) is 0. The number of fused-ring (bicyclic) bond motifs is 1. The first kappa shape index (κ1) is 20.0. The average molecular weight is 373 g/mol. The maximum Gasteiger partial charge on any atom is 0.213 e. The first-order chi connectivity index (χ1) is 12.2. The van der Waals surface area contributed by atoms with Gasteiger partial charge in [0.25, 0.3) is 0 Å². The highest BCUT2D eigenvalue weighted by Crippen LogP contribution is 2.28. The molecule has 26 heavy (non-hydrogen) atoms. The Labute approximate surface area is 161 Å². The van der Waals surface area contributed by atoms with Crippen LogP contribution in [0.1, 0.15) is 19.4 Å². The number of hydrogen-bond acceptors (Lipinski definition) is 4. The van der Waals surface area contributed by atoms with Gasteiger partial charge in [0.2, 0.25) is 5.88 Å². The number of aromatic nitrogens is 1. The van der Waals surface area contributed by atoms with Crippen LogP contribution < -0.4 is 14.8 Å². The lowest BCUT2D eigenvalue weighted by Crippen LogP contribution is -2.21. The highest BCUT2D eigenvalue weighted by Gasteiger charge is 2.10. The van der Waals surface area contributed by atoms with Crippen molar-refractivity contribution in [3.05, 3.63) is 66.4 Å². The summed E-state index contributed by atoms with van der Waals surface area (Å²) >= 11 is 0. The van der Waals surface area contributed by atoms with Crippen LogP contribution in [0.5, 0.6) is 11.6 Å². The fourth-order valence-electron chi connectivity index (χ4n) is 2.74. The number of rotatable bonds is 8. The van der Waals surface area contributed by atoms with E-state index in [9.17, 15) is 0 Å². The second-order valence-electron chi connectivity index (χ2n) is 6.12. The van der Waals surface area contributed by atoms with Crippen LogP contribution in [-0.2, 0) is 6.54 Å². The van der Waals surface area contributed by atoms with Gasteiger partial charge in [-0.2, -0.15) is 0 Å². The Bertz CT molecular complexity index is 809. The topological polar surface area (TPSA) is 43.4 Å². The van der Waals surface area contributed by atoms with Gasteiger partial charge in [0.1, 0.15) is 12.4 Å². The standard InChI is InChI=1S/C21H24N2O2.ClH/c1-16(2)25-20-11-10-17-7-3-4-8-18(17)19(20)15-22-13-14-24-21-9-5-6-12-23-21;/h3-12,16,22H,13-15H2,1-2H3;1H. The van der Waals surface area contributed by atoms with Gasteiger partial charge in [-0.1, -0.05) is 36.4 Å². The molecule has 1 heterocycles. The van der Waals surface area contributed by atoms with Crippen LogP contribution in [0.4, 0.5) is 0 Å². The first-order valence-corrected chi connectivity index (χ1v) is 8.66. The normalized spacial score (nSPS) is 10.6. The van der Waals surface area contributed by atoms with E-state index in [1.165, 1.54) is 16.3 Å². The van der Waals surface area contributed by atoms with Crippen molar-refractivity contribution in [3.63, 3.8) is 0 Å². The second-order valence-corrected chi connectivity index (χ2v) is 6.12. The Morgan fingerprint density at radius 1 is 1.00 bits per heavy atom. The lowest BCUT2D eigenvalue weighted by molar-refractivity contribution is 0.239. The summed E-state index contributed by atoms with van der Waals surface area (Å²) in [6.45, 7) is 6.14. The fourth-order valence-corrected chi connectivity index (χ4v) is 2.74. The number of ether oxygens (including phenoxy) is 2. The zero-order chi connectivity index (χ0) is 17.5. The molecule has 0 amide bonds. The summed E-state index contributed by atoms with van der Waals surface area (Å²) in [4.78, 5) is 4.15. The molecule has 0 atom stereocenters. The molecule has 0 bridgehead atoms. The third-order valence-electron chi connectivity index (χ3n) is 3.83. The predicted octanol–water partition coefficient (Wildman–Crippen LogP) is 4.61. The van der Waals surface area contributed by atoms with E-state index in [1.54, 1.807) is 6.20 Å². The smallest absolute Gasteiger partial charge is 0.213 e. The van der Waals surface area contributed by atoms with E-state index in [4.69, 9.17) is 9.47 Å². The van der Waals surface area contributed by atoms with Gasteiger partial charge in [0.05, 0.1) is 6.10 Å². The zero-order valence-electron chi connectivity index (χ0n) is 15.1. The van der Waals surface area contributed by atoms with Crippen molar-refractivity contribution in [2.24, 2.45) is 0 Å². The molecule has 1 aromatic heterocycles. The minimum atomic E-state index is 0. The molecular formula is C21H25ClN2O2. The highest BCUT2D eigenvalue weighted by molar-refractivity contribution is 5.87. The third-order valence-corrected chi connectivity index (χ3v) is 3.83. The fraction of sp³-hybridized carbons (Fsp3) is 0.286. The van der Waals surface area contributed by atoms with Crippen molar-refractivity contribution >= 4 is 23.2 Å². The molecule has 3 rings (SSSR count). The largest absolute Gasteiger partial charge is 0.491 e. The summed E-state index contributed by atoms with van der Waals surface area (Å²) in [6, 6.07) is 18.2. The van der Waals surface area contributed by atoms with E-state index in [1.807, 2.05) is 32.0 Å². The van der Waals surface area contributed by atoms with E-state index in [0.29, 0.717) is 12.5 Å². The summed E-state index contributed by atoms with van der Waals surface area (Å²) in [6.07, 6.45) is 1.88. The molecule has 0 aliphatic carbocycles. The van der Waals surface area contributed by atoms with Gasteiger partial charge in [0.15, 0.2) is 0 Å². The Hall–Kier alpha value is -2.30. The van der Waals surface area contributed by atoms with Gasteiger partial charge in [-0.05, 0) is 36.8 Å². The molecule has 0 fully saturated rings. The first-order valence-electron chi connectivity index (χ1n) is 8.66. The number of benzene rings is 2. The van der Waals surface area contributed by atoms with Crippen LogP contribution in [0.2, 0.25) is 0 Å². The SMILES string of the molecule is CC(C)Oc1ccc2ccccc2c1CNCCOc1ccccn1.Cl. The van der Waals surface area contributed by atoms with Crippen LogP contribution in [0.3, 0.4) is 0 Å². The molecule has 0 aliphatic heterocycles. The maximum atomic E-state index is 6.00. The Balaban J connectivity index is 0.00000243. The zero-order valence-corrected chi connectivity index (χ0v) is 16.0. The van der Waals surface area contributed by atoms with Crippen LogP contribution in [0, 0.1) is 0 Å². The molecule has 0 spiro atoms. The minimum absolute atomic E-state index is 0. The number of halogens is 1. The summed E-state index contributed by atoms with van der Waals surface area (Å²) in [5, 5.41) is 5.89. The van der Waals surface area contributed by atoms with Crippen molar-refractivity contribution in [2.45, 2.75) is 26.5 Å². The van der Waals surface area contributed by atoms with Gasteiger partial charge in [-0.25, -0.2) is 4.98 Å². The molecule has 3 aromatic rings. The van der Waals surface area contributed by atoms with Crippen LogP contribution in [-0.4, -0.2) is 24.2 Å². The molecule has 1 N–H and O–H groups in total. The quantitative estimate of drug-likeness (QED) is 0.586. The molecule has 2 aromatic carbocycles. The number of nitrogens with zero attached hydrogens (tertiary/aromatic N) is 1. The number of nitrogens with one attached hydrogen (secondary N) is 1.